The Labute approximate surface area is 168 Å². The van der Waals surface area contributed by atoms with Crippen molar-refractivity contribution in [3.05, 3.63) is 24.3 Å². The molecule has 28 heavy (non-hydrogen) atoms. The molecule has 0 spiro atoms. The quantitative estimate of drug-likeness (QED) is 0.758. The van der Waals surface area contributed by atoms with Crippen LogP contribution in [0.4, 0.5) is 0 Å². The monoisotopic (exact) mass is 426 g/mol. The van der Waals surface area contributed by atoms with Gasteiger partial charge in [0.1, 0.15) is 0 Å². The summed E-state index contributed by atoms with van der Waals surface area (Å²) < 4.78 is 56.0. The summed E-state index contributed by atoms with van der Waals surface area (Å²) in [6.07, 6.45) is 7.96. The van der Waals surface area contributed by atoms with Crippen LogP contribution in [0, 0.1) is 11.8 Å². The van der Waals surface area contributed by atoms with Crippen LogP contribution in [-0.2, 0) is 20.0 Å². The molecule has 4 rings (SSSR count). The van der Waals surface area contributed by atoms with E-state index in [1.165, 1.54) is 30.7 Å². The van der Waals surface area contributed by atoms with Crippen LogP contribution in [0.1, 0.15) is 58.3 Å². The van der Waals surface area contributed by atoms with E-state index in [9.17, 15) is 16.8 Å². The highest BCUT2D eigenvalue weighted by Gasteiger charge is 2.41. The van der Waals surface area contributed by atoms with Crippen molar-refractivity contribution in [2.45, 2.75) is 80.2 Å². The van der Waals surface area contributed by atoms with Gasteiger partial charge in [0.15, 0.2) is 0 Å². The Kier molecular flexibility index (Phi) is 5.59. The molecule has 1 aliphatic heterocycles. The molecule has 6 nitrogen and oxygen atoms in total. The topological polar surface area (TPSA) is 83.6 Å². The Hall–Kier alpha value is -0.960. The highest BCUT2D eigenvalue weighted by Crippen LogP contribution is 2.44. The largest absolute Gasteiger partial charge is 0.243 e. The maximum absolute atomic E-state index is 13.0. The Balaban J connectivity index is 1.51. The maximum Gasteiger partial charge on any atom is 0.243 e. The number of piperidine rings is 1. The lowest BCUT2D eigenvalue weighted by Gasteiger charge is -2.34. The van der Waals surface area contributed by atoms with Crippen molar-refractivity contribution in [1.82, 2.24) is 9.03 Å². The molecule has 0 radical (unpaired) electrons. The summed E-state index contributed by atoms with van der Waals surface area (Å²) in [6, 6.07) is 5.77. The van der Waals surface area contributed by atoms with Crippen LogP contribution in [0.2, 0.25) is 0 Å². The van der Waals surface area contributed by atoms with Gasteiger partial charge in [0.25, 0.3) is 0 Å². The third kappa shape index (κ3) is 3.76. The molecular weight excluding hydrogens is 396 g/mol. The van der Waals surface area contributed by atoms with Gasteiger partial charge in [0.05, 0.1) is 9.79 Å². The first-order valence-corrected chi connectivity index (χ1v) is 13.4. The number of rotatable bonds is 6. The molecular formula is C20H30N2O4S2. The fourth-order valence-corrected chi connectivity index (χ4v) is 8.37. The zero-order valence-corrected chi connectivity index (χ0v) is 18.0. The highest BCUT2D eigenvalue weighted by molar-refractivity contribution is 7.89. The van der Waals surface area contributed by atoms with Gasteiger partial charge in [-0.3, -0.25) is 0 Å². The van der Waals surface area contributed by atoms with Gasteiger partial charge in [0.2, 0.25) is 20.0 Å². The molecule has 3 aliphatic rings. The van der Waals surface area contributed by atoms with Crippen LogP contribution in [0.3, 0.4) is 0 Å². The lowest BCUT2D eigenvalue weighted by Crippen LogP contribution is -2.43. The average molecular weight is 427 g/mol. The summed E-state index contributed by atoms with van der Waals surface area (Å²) in [5.41, 5.74) is 0. The van der Waals surface area contributed by atoms with Crippen LogP contribution in [0.25, 0.3) is 0 Å². The van der Waals surface area contributed by atoms with E-state index in [1.54, 1.807) is 4.31 Å². The summed E-state index contributed by atoms with van der Waals surface area (Å²) in [6.45, 7) is 2.54. The van der Waals surface area contributed by atoms with Gasteiger partial charge >= 0.3 is 0 Å². The summed E-state index contributed by atoms with van der Waals surface area (Å²) in [7, 11) is -7.22. The molecule has 0 amide bonds. The smallest absolute Gasteiger partial charge is 0.208 e. The van der Waals surface area contributed by atoms with E-state index in [4.69, 9.17) is 0 Å². The molecule has 8 heteroatoms. The van der Waals surface area contributed by atoms with Crippen molar-refractivity contribution >= 4 is 20.0 Å². The van der Waals surface area contributed by atoms with Gasteiger partial charge in [-0.2, -0.15) is 4.31 Å². The molecule has 156 valence electrons. The maximum atomic E-state index is 13.0. The predicted molar refractivity (Wildman–Crippen MR) is 108 cm³/mol. The van der Waals surface area contributed by atoms with E-state index in [1.807, 2.05) is 6.92 Å². The van der Waals surface area contributed by atoms with Crippen molar-refractivity contribution in [2.24, 2.45) is 11.8 Å². The minimum Gasteiger partial charge on any atom is -0.208 e. The van der Waals surface area contributed by atoms with Gasteiger partial charge in [-0.25, -0.2) is 21.6 Å². The van der Waals surface area contributed by atoms with Crippen molar-refractivity contribution < 1.29 is 16.8 Å². The molecule has 1 heterocycles. The van der Waals surface area contributed by atoms with Crippen molar-refractivity contribution in [3.63, 3.8) is 0 Å². The van der Waals surface area contributed by atoms with Crippen molar-refractivity contribution in [3.8, 4) is 0 Å². The van der Waals surface area contributed by atoms with Gasteiger partial charge in [0, 0.05) is 18.6 Å². The van der Waals surface area contributed by atoms with Gasteiger partial charge in [-0.05, 0) is 74.6 Å². The van der Waals surface area contributed by atoms with E-state index in [0.29, 0.717) is 18.4 Å². The standard InChI is InChI=1S/C20H30N2O4S2/c1-2-17-5-3-4-12-22(17)28(25,26)19-10-8-18(9-11-19)27(23,24)21-20-14-15-6-7-16(20)13-15/h8-11,15-17,20-21H,2-7,12-14H2,1H3/t15-,16-,17-,20-/m0/s1. The molecule has 1 saturated heterocycles. The molecule has 2 saturated carbocycles. The minimum absolute atomic E-state index is 0.0193. The van der Waals surface area contributed by atoms with Crippen LogP contribution < -0.4 is 4.72 Å². The van der Waals surface area contributed by atoms with Gasteiger partial charge in [-0.1, -0.05) is 19.8 Å². The van der Waals surface area contributed by atoms with Crippen molar-refractivity contribution in [2.75, 3.05) is 6.54 Å². The number of hydrogen-bond acceptors (Lipinski definition) is 4. The second-order valence-electron chi connectivity index (χ2n) is 8.55. The molecule has 0 unspecified atom stereocenters. The minimum atomic E-state index is -3.63. The fraction of sp³-hybridized carbons (Fsp3) is 0.700. The number of nitrogens with zero attached hydrogens (tertiary/aromatic N) is 1. The van der Waals surface area contributed by atoms with E-state index < -0.39 is 20.0 Å². The first kappa shape index (κ1) is 20.3. The van der Waals surface area contributed by atoms with Crippen LogP contribution in [-0.4, -0.2) is 39.8 Å². The number of hydrogen-bond donors (Lipinski definition) is 1. The average Bonchev–Trinajstić information content (AvgIpc) is 3.30. The number of fused-ring (bicyclic) bond motifs is 2. The second kappa shape index (κ2) is 7.70. The van der Waals surface area contributed by atoms with Gasteiger partial charge in [-0.15, -0.1) is 0 Å². The highest BCUT2D eigenvalue weighted by atomic mass is 32.2. The summed E-state index contributed by atoms with van der Waals surface area (Å²) in [5.74, 6) is 1.10. The fourth-order valence-electron chi connectivity index (χ4n) is 5.28. The van der Waals surface area contributed by atoms with Crippen LogP contribution in [0.15, 0.2) is 34.1 Å². The molecule has 1 aromatic rings. The molecule has 1 aromatic carbocycles. The van der Waals surface area contributed by atoms with E-state index in [0.717, 1.165) is 44.9 Å². The Morgan fingerprint density at radius 1 is 0.964 bits per heavy atom. The molecule has 4 atom stereocenters. The molecule has 1 N–H and O–H groups in total. The second-order valence-corrected chi connectivity index (χ2v) is 12.2. The number of benzene rings is 1. The SMILES string of the molecule is CC[C@H]1CCCCN1S(=O)(=O)c1ccc(S(=O)(=O)N[C@H]2C[C@H]3CC[C@H]2C3)cc1. The zero-order valence-electron chi connectivity index (χ0n) is 16.4. The Morgan fingerprint density at radius 2 is 1.68 bits per heavy atom. The van der Waals surface area contributed by atoms with Crippen LogP contribution in [0.5, 0.6) is 0 Å². The molecule has 2 bridgehead atoms. The molecule has 0 aromatic heterocycles. The first-order chi connectivity index (χ1) is 13.3. The Bertz CT molecular complexity index is 912. The third-order valence-corrected chi connectivity index (χ3v) is 10.3. The zero-order chi connectivity index (χ0) is 19.9. The lowest BCUT2D eigenvalue weighted by molar-refractivity contribution is 0.246. The van der Waals surface area contributed by atoms with Crippen LogP contribution >= 0.6 is 0 Å². The molecule has 2 aliphatic carbocycles. The normalized spacial score (nSPS) is 31.3. The summed E-state index contributed by atoms with van der Waals surface area (Å²) in [4.78, 5) is 0.312. The molecule has 3 fully saturated rings. The summed E-state index contributed by atoms with van der Waals surface area (Å²) >= 11 is 0. The lowest BCUT2D eigenvalue weighted by atomic mass is 9.96. The first-order valence-electron chi connectivity index (χ1n) is 10.5. The number of nitrogens with one attached hydrogen (secondary N) is 1. The summed E-state index contributed by atoms with van der Waals surface area (Å²) in [5, 5.41) is 0. The van der Waals surface area contributed by atoms with E-state index >= 15 is 0 Å². The number of sulfonamides is 2. The Morgan fingerprint density at radius 3 is 2.29 bits per heavy atom. The third-order valence-electron chi connectivity index (χ3n) is 6.83. The van der Waals surface area contributed by atoms with E-state index in [-0.39, 0.29) is 21.9 Å². The predicted octanol–water partition coefficient (Wildman–Crippen LogP) is 3.11. The van der Waals surface area contributed by atoms with E-state index in [2.05, 4.69) is 4.72 Å². The van der Waals surface area contributed by atoms with Crippen molar-refractivity contribution in [1.29, 1.82) is 0 Å². The van der Waals surface area contributed by atoms with Gasteiger partial charge < -0.3 is 0 Å².